The van der Waals surface area contributed by atoms with Gasteiger partial charge in [-0.05, 0) is 43.7 Å². The fourth-order valence-electron chi connectivity index (χ4n) is 3.80. The summed E-state index contributed by atoms with van der Waals surface area (Å²) >= 11 is 6.09. The fourth-order valence-corrected chi connectivity index (χ4v) is 3.93. The van der Waals surface area contributed by atoms with E-state index in [0.717, 1.165) is 16.8 Å². The summed E-state index contributed by atoms with van der Waals surface area (Å²) in [7, 11) is 1.60. The third-order valence-corrected chi connectivity index (χ3v) is 5.59. The first-order chi connectivity index (χ1) is 14.4. The Morgan fingerprint density at radius 2 is 1.97 bits per heavy atom. The number of aromatic nitrogens is 3. The molecule has 154 valence electrons. The first kappa shape index (κ1) is 20.1. The topological polar surface area (TPSA) is 89.6 Å². The number of fused-ring (bicyclic) bond motifs is 3. The molecule has 4 rings (SSSR count). The van der Waals surface area contributed by atoms with Gasteiger partial charge in [-0.15, -0.1) is 10.2 Å². The van der Waals surface area contributed by atoms with Gasteiger partial charge in [-0.1, -0.05) is 30.7 Å². The number of hydrogen-bond donors (Lipinski definition) is 1. The van der Waals surface area contributed by atoms with Crippen molar-refractivity contribution in [2.75, 3.05) is 7.11 Å². The number of carboxylic acids is 1. The van der Waals surface area contributed by atoms with E-state index in [9.17, 15) is 9.90 Å². The van der Waals surface area contributed by atoms with Gasteiger partial charge in [-0.2, -0.15) is 0 Å². The molecule has 1 aromatic heterocycles. The largest absolute Gasteiger partial charge is 0.497 e. The molecule has 0 bridgehead atoms. The van der Waals surface area contributed by atoms with Crippen LogP contribution in [0.5, 0.6) is 5.75 Å². The number of rotatable bonds is 5. The maximum atomic E-state index is 12.1. The SMILES string of the molecule is CC[C@@H](C(=O)O)[C@@H]1N=C(c2ccc(Cl)cc2)c2cc(OC)ccc2-n2c(C)nnc21. The van der Waals surface area contributed by atoms with Crippen molar-refractivity contribution in [3.63, 3.8) is 0 Å². The summed E-state index contributed by atoms with van der Waals surface area (Å²) in [6.45, 7) is 3.68. The van der Waals surface area contributed by atoms with E-state index < -0.39 is 17.9 Å². The third kappa shape index (κ3) is 3.35. The first-order valence-corrected chi connectivity index (χ1v) is 9.99. The van der Waals surface area contributed by atoms with Crippen LogP contribution in [-0.2, 0) is 4.79 Å². The molecular weight excluding hydrogens is 404 g/mol. The van der Waals surface area contributed by atoms with Gasteiger partial charge < -0.3 is 9.84 Å². The van der Waals surface area contributed by atoms with Gasteiger partial charge in [0.2, 0.25) is 0 Å². The van der Waals surface area contributed by atoms with Crippen LogP contribution in [0, 0.1) is 12.8 Å². The molecule has 8 heteroatoms. The Morgan fingerprint density at radius 3 is 2.60 bits per heavy atom. The minimum atomic E-state index is -0.919. The second-order valence-corrected chi connectivity index (χ2v) is 7.54. The number of benzene rings is 2. The highest BCUT2D eigenvalue weighted by atomic mass is 35.5. The van der Waals surface area contributed by atoms with Crippen LogP contribution < -0.4 is 4.74 Å². The number of ether oxygens (including phenoxy) is 1. The number of carbonyl (C=O) groups is 1. The van der Waals surface area contributed by atoms with Crippen LogP contribution in [0.25, 0.3) is 5.69 Å². The van der Waals surface area contributed by atoms with Crippen LogP contribution in [0.2, 0.25) is 5.02 Å². The summed E-state index contributed by atoms with van der Waals surface area (Å²) in [5, 5.41) is 19.0. The standard InChI is InChI=1S/C22H21ClN4O3/c1-4-16(22(28)29)20-21-26-25-12(2)27(21)18-10-9-15(30-3)11-17(18)19(24-20)13-5-7-14(23)8-6-13/h5-11,16,20H,4H2,1-3H3,(H,28,29)/t16-,20+/m1/s1. The molecule has 30 heavy (non-hydrogen) atoms. The Hall–Kier alpha value is -3.19. The van der Waals surface area contributed by atoms with Gasteiger partial charge in [-0.25, -0.2) is 0 Å². The summed E-state index contributed by atoms with van der Waals surface area (Å²) in [5.41, 5.74) is 3.12. The third-order valence-electron chi connectivity index (χ3n) is 5.34. The molecular formula is C22H21ClN4O3. The molecule has 2 aromatic carbocycles. The lowest BCUT2D eigenvalue weighted by Gasteiger charge is -2.18. The van der Waals surface area contributed by atoms with Crippen LogP contribution in [-0.4, -0.2) is 38.7 Å². The molecule has 0 radical (unpaired) electrons. The van der Waals surface area contributed by atoms with Crippen molar-refractivity contribution in [1.29, 1.82) is 0 Å². The fraction of sp³-hybridized carbons (Fsp3) is 0.273. The van der Waals surface area contributed by atoms with Gasteiger partial charge in [0, 0.05) is 16.1 Å². The van der Waals surface area contributed by atoms with Gasteiger partial charge in [0.15, 0.2) is 5.82 Å². The smallest absolute Gasteiger partial charge is 0.309 e. The predicted molar refractivity (Wildman–Crippen MR) is 114 cm³/mol. The molecule has 0 fully saturated rings. The molecule has 2 atom stereocenters. The van der Waals surface area contributed by atoms with Crippen molar-refractivity contribution in [2.24, 2.45) is 10.9 Å². The van der Waals surface area contributed by atoms with Crippen LogP contribution in [0.1, 0.15) is 42.2 Å². The predicted octanol–water partition coefficient (Wildman–Crippen LogP) is 4.24. The van der Waals surface area contributed by atoms with Gasteiger partial charge in [-0.3, -0.25) is 14.4 Å². The van der Waals surface area contributed by atoms with Crippen molar-refractivity contribution in [3.05, 3.63) is 70.3 Å². The van der Waals surface area contributed by atoms with Gasteiger partial charge in [0.25, 0.3) is 0 Å². The lowest BCUT2D eigenvalue weighted by Crippen LogP contribution is -2.23. The van der Waals surface area contributed by atoms with E-state index in [0.29, 0.717) is 34.6 Å². The van der Waals surface area contributed by atoms with Crippen molar-refractivity contribution in [1.82, 2.24) is 14.8 Å². The monoisotopic (exact) mass is 424 g/mol. The minimum absolute atomic E-state index is 0.406. The zero-order valence-corrected chi connectivity index (χ0v) is 17.6. The van der Waals surface area contributed by atoms with Crippen LogP contribution >= 0.6 is 11.6 Å². The van der Waals surface area contributed by atoms with Gasteiger partial charge >= 0.3 is 5.97 Å². The summed E-state index contributed by atoms with van der Waals surface area (Å²) in [6, 6.07) is 12.3. The first-order valence-electron chi connectivity index (χ1n) is 9.61. The highest BCUT2D eigenvalue weighted by Gasteiger charge is 2.36. The Labute approximate surface area is 179 Å². The highest BCUT2D eigenvalue weighted by Crippen LogP contribution is 2.37. The number of hydrogen-bond acceptors (Lipinski definition) is 5. The second-order valence-electron chi connectivity index (χ2n) is 7.11. The number of aliphatic imine (C=N–C) groups is 1. The second kappa shape index (κ2) is 7.91. The summed E-state index contributed by atoms with van der Waals surface area (Å²) < 4.78 is 7.33. The zero-order chi connectivity index (χ0) is 21.4. The number of aryl methyl sites for hydroxylation is 1. The highest BCUT2D eigenvalue weighted by molar-refractivity contribution is 6.30. The Bertz CT molecular complexity index is 1140. The summed E-state index contributed by atoms with van der Waals surface area (Å²) in [6.07, 6.45) is 0.406. The molecule has 2 heterocycles. The van der Waals surface area contributed by atoms with Gasteiger partial charge in [0.1, 0.15) is 17.6 Å². The Kier molecular flexibility index (Phi) is 5.30. The molecule has 0 saturated heterocycles. The van der Waals surface area contributed by atoms with Crippen LogP contribution in [0.3, 0.4) is 0 Å². The molecule has 3 aromatic rings. The molecule has 1 aliphatic heterocycles. The maximum absolute atomic E-state index is 12.1. The molecule has 1 aliphatic rings. The maximum Gasteiger partial charge on any atom is 0.309 e. The van der Waals surface area contributed by atoms with E-state index in [2.05, 4.69) is 10.2 Å². The summed E-state index contributed by atoms with van der Waals surface area (Å²) in [5.74, 6) is 0.182. The number of methoxy groups -OCH3 is 1. The molecule has 0 spiro atoms. The van der Waals surface area contributed by atoms with Crippen LogP contribution in [0.15, 0.2) is 47.5 Å². The molecule has 7 nitrogen and oxygen atoms in total. The average Bonchev–Trinajstić information content (AvgIpc) is 3.05. The molecule has 0 unspecified atom stereocenters. The number of carboxylic acid groups (broad SMARTS) is 1. The summed E-state index contributed by atoms with van der Waals surface area (Å²) in [4.78, 5) is 17.0. The van der Waals surface area contributed by atoms with E-state index in [-0.39, 0.29) is 0 Å². The van der Waals surface area contributed by atoms with Crippen molar-refractivity contribution < 1.29 is 14.6 Å². The minimum Gasteiger partial charge on any atom is -0.497 e. The quantitative estimate of drug-likeness (QED) is 0.661. The lowest BCUT2D eigenvalue weighted by molar-refractivity contribution is -0.142. The average molecular weight is 425 g/mol. The number of nitrogens with zero attached hydrogens (tertiary/aromatic N) is 4. The Balaban J connectivity index is 2.05. The normalized spacial score (nSPS) is 16.1. The zero-order valence-electron chi connectivity index (χ0n) is 16.8. The lowest BCUT2D eigenvalue weighted by atomic mass is 9.96. The van der Waals surface area contributed by atoms with E-state index in [4.69, 9.17) is 21.3 Å². The van der Waals surface area contributed by atoms with Crippen LogP contribution in [0.4, 0.5) is 0 Å². The molecule has 0 saturated carbocycles. The van der Waals surface area contributed by atoms with Crippen molar-refractivity contribution in [2.45, 2.75) is 26.3 Å². The molecule has 1 N–H and O–H groups in total. The van der Waals surface area contributed by atoms with E-state index in [1.54, 1.807) is 19.2 Å². The molecule has 0 aliphatic carbocycles. The van der Waals surface area contributed by atoms with E-state index >= 15 is 0 Å². The van der Waals surface area contributed by atoms with E-state index in [1.807, 2.05) is 48.7 Å². The van der Waals surface area contributed by atoms with Crippen molar-refractivity contribution in [3.8, 4) is 11.4 Å². The number of aliphatic carboxylic acids is 1. The van der Waals surface area contributed by atoms with Crippen molar-refractivity contribution >= 4 is 23.3 Å². The van der Waals surface area contributed by atoms with Gasteiger partial charge in [0.05, 0.1) is 24.4 Å². The Morgan fingerprint density at radius 1 is 1.23 bits per heavy atom. The molecule has 0 amide bonds. The van der Waals surface area contributed by atoms with E-state index in [1.165, 1.54) is 0 Å². The number of halogens is 1.